The third-order valence-corrected chi connectivity index (χ3v) is 2.34. The molecule has 1 aromatic rings. The van der Waals surface area contributed by atoms with Gasteiger partial charge in [-0.1, -0.05) is 6.07 Å². The number of nitrogens with two attached hydrogens (primary N) is 1. The van der Waals surface area contributed by atoms with E-state index in [1.54, 1.807) is 12.1 Å². The van der Waals surface area contributed by atoms with Crippen LogP contribution in [0.1, 0.15) is 12.8 Å². The molecule has 0 radical (unpaired) electrons. The van der Waals surface area contributed by atoms with Gasteiger partial charge in [0.2, 0.25) is 5.91 Å². The van der Waals surface area contributed by atoms with Crippen molar-refractivity contribution in [3.8, 4) is 5.75 Å². The highest BCUT2D eigenvalue weighted by Gasteiger charge is 2.00. The Morgan fingerprint density at radius 2 is 2.00 bits per heavy atom. The molecule has 0 atom stereocenters. The fraction of sp³-hybridized carbons (Fsp3) is 0.385. The van der Waals surface area contributed by atoms with Crippen LogP contribution in [0.4, 0.5) is 9.18 Å². The van der Waals surface area contributed by atoms with E-state index in [2.05, 4.69) is 10.6 Å². The Labute approximate surface area is 116 Å². The lowest BCUT2D eigenvalue weighted by Crippen LogP contribution is -2.38. The molecule has 0 aromatic heterocycles. The fourth-order valence-electron chi connectivity index (χ4n) is 1.42. The number of nitrogens with one attached hydrogen (secondary N) is 2. The van der Waals surface area contributed by atoms with Crippen LogP contribution in [-0.2, 0) is 4.79 Å². The zero-order chi connectivity index (χ0) is 14.8. The van der Waals surface area contributed by atoms with E-state index in [9.17, 15) is 14.0 Å². The summed E-state index contributed by atoms with van der Waals surface area (Å²) in [6.07, 6.45) is 0.742. The summed E-state index contributed by atoms with van der Waals surface area (Å²) < 4.78 is 18.1. The number of rotatable bonds is 8. The number of amides is 3. The van der Waals surface area contributed by atoms with Gasteiger partial charge in [-0.25, -0.2) is 9.18 Å². The van der Waals surface area contributed by atoms with Crippen LogP contribution in [0.25, 0.3) is 0 Å². The minimum atomic E-state index is -0.393. The van der Waals surface area contributed by atoms with Gasteiger partial charge < -0.3 is 21.1 Å². The number of halogens is 1. The second-order valence-corrected chi connectivity index (χ2v) is 4.06. The number of ether oxygens (including phenoxy) is 1. The van der Waals surface area contributed by atoms with E-state index in [0.29, 0.717) is 18.7 Å². The summed E-state index contributed by atoms with van der Waals surface area (Å²) in [6, 6.07) is 5.42. The van der Waals surface area contributed by atoms with Crippen LogP contribution in [0.3, 0.4) is 0 Å². The van der Waals surface area contributed by atoms with E-state index in [-0.39, 0.29) is 31.4 Å². The Morgan fingerprint density at radius 1 is 1.25 bits per heavy atom. The highest BCUT2D eigenvalue weighted by molar-refractivity contribution is 5.74. The van der Waals surface area contributed by atoms with E-state index >= 15 is 0 Å². The number of primary amides is 1. The first-order chi connectivity index (χ1) is 9.58. The van der Waals surface area contributed by atoms with E-state index < -0.39 is 5.91 Å². The van der Waals surface area contributed by atoms with Gasteiger partial charge in [0.15, 0.2) is 0 Å². The first-order valence-corrected chi connectivity index (χ1v) is 6.26. The topological polar surface area (TPSA) is 93.5 Å². The second-order valence-electron chi connectivity index (χ2n) is 4.06. The van der Waals surface area contributed by atoms with Crippen LogP contribution in [0.2, 0.25) is 0 Å². The maximum absolute atomic E-state index is 12.8. The zero-order valence-electron chi connectivity index (χ0n) is 11.0. The average molecular weight is 283 g/mol. The Bertz CT molecular complexity index is 454. The van der Waals surface area contributed by atoms with E-state index in [4.69, 9.17) is 10.5 Å². The number of benzene rings is 1. The molecule has 0 saturated heterocycles. The van der Waals surface area contributed by atoms with Gasteiger partial charge in [0.1, 0.15) is 18.2 Å². The number of hydrogen-bond acceptors (Lipinski definition) is 3. The van der Waals surface area contributed by atoms with Gasteiger partial charge in [0.05, 0.1) is 6.54 Å². The molecule has 7 heteroatoms. The molecule has 0 aliphatic rings. The van der Waals surface area contributed by atoms with E-state index in [0.717, 1.165) is 0 Å². The van der Waals surface area contributed by atoms with Gasteiger partial charge in [0.25, 0.3) is 0 Å². The lowest BCUT2D eigenvalue weighted by atomic mass is 10.3. The van der Waals surface area contributed by atoms with Crippen LogP contribution < -0.4 is 21.1 Å². The molecule has 3 amide bonds. The summed E-state index contributed by atoms with van der Waals surface area (Å²) in [5.41, 5.74) is 4.96. The highest BCUT2D eigenvalue weighted by atomic mass is 19.1. The molecule has 1 aromatic carbocycles. The molecule has 110 valence electrons. The van der Waals surface area contributed by atoms with Crippen molar-refractivity contribution in [3.05, 3.63) is 30.1 Å². The average Bonchev–Trinajstić information content (AvgIpc) is 2.40. The Balaban J connectivity index is 2.06. The first-order valence-electron chi connectivity index (χ1n) is 6.26. The van der Waals surface area contributed by atoms with Crippen molar-refractivity contribution in [3.63, 3.8) is 0 Å². The Hall–Kier alpha value is -2.31. The highest BCUT2D eigenvalue weighted by Crippen LogP contribution is 2.11. The molecule has 4 N–H and O–H groups in total. The number of carbonyl (C=O) groups excluding carboxylic acids is 2. The second kappa shape index (κ2) is 8.73. The van der Waals surface area contributed by atoms with Crippen molar-refractivity contribution in [1.82, 2.24) is 10.6 Å². The first kappa shape index (κ1) is 15.7. The van der Waals surface area contributed by atoms with Crippen LogP contribution in [0.15, 0.2) is 24.3 Å². The van der Waals surface area contributed by atoms with Crippen molar-refractivity contribution in [2.75, 3.05) is 19.7 Å². The molecular weight excluding hydrogens is 265 g/mol. The summed E-state index contributed by atoms with van der Waals surface area (Å²) >= 11 is 0. The molecule has 0 unspecified atom stereocenters. The van der Waals surface area contributed by atoms with Crippen molar-refractivity contribution < 1.29 is 18.7 Å². The molecule has 0 spiro atoms. The van der Waals surface area contributed by atoms with Crippen molar-refractivity contribution in [2.45, 2.75) is 12.8 Å². The lowest BCUT2D eigenvalue weighted by molar-refractivity contribution is -0.118. The monoisotopic (exact) mass is 283 g/mol. The van der Waals surface area contributed by atoms with Gasteiger partial charge in [-0.15, -0.1) is 0 Å². The Kier molecular flexibility index (Phi) is 6.88. The third-order valence-electron chi connectivity index (χ3n) is 2.34. The van der Waals surface area contributed by atoms with Crippen LogP contribution >= 0.6 is 0 Å². The molecule has 20 heavy (non-hydrogen) atoms. The van der Waals surface area contributed by atoms with Crippen molar-refractivity contribution in [2.24, 2.45) is 5.73 Å². The SMILES string of the molecule is NC(=O)CCCNC(=O)NCCOc1cccc(F)c1. The minimum Gasteiger partial charge on any atom is -0.492 e. The van der Waals surface area contributed by atoms with Gasteiger partial charge in [-0.05, 0) is 18.6 Å². The standard InChI is InChI=1S/C13H18FN3O3/c14-10-3-1-4-11(9-10)20-8-7-17-13(19)16-6-2-5-12(15)18/h1,3-4,9H,2,5-8H2,(H2,15,18)(H2,16,17,19). The largest absolute Gasteiger partial charge is 0.492 e. The lowest BCUT2D eigenvalue weighted by Gasteiger charge is -2.08. The van der Waals surface area contributed by atoms with Crippen LogP contribution in [-0.4, -0.2) is 31.6 Å². The predicted octanol–water partition coefficient (Wildman–Crippen LogP) is 0.769. The third kappa shape index (κ3) is 7.20. The van der Waals surface area contributed by atoms with Crippen LogP contribution in [0.5, 0.6) is 5.75 Å². The van der Waals surface area contributed by atoms with Gasteiger partial charge in [0, 0.05) is 19.0 Å². The normalized spacial score (nSPS) is 9.85. The number of hydrogen-bond donors (Lipinski definition) is 3. The molecule has 0 bridgehead atoms. The fourth-order valence-corrected chi connectivity index (χ4v) is 1.42. The summed E-state index contributed by atoms with van der Waals surface area (Å²) in [5, 5.41) is 5.14. The number of urea groups is 1. The van der Waals surface area contributed by atoms with Gasteiger partial charge in [-0.3, -0.25) is 4.79 Å². The summed E-state index contributed by atoms with van der Waals surface area (Å²) in [7, 11) is 0. The summed E-state index contributed by atoms with van der Waals surface area (Å²) in [6.45, 7) is 0.899. The minimum absolute atomic E-state index is 0.234. The van der Waals surface area contributed by atoms with E-state index in [1.807, 2.05) is 0 Å². The Morgan fingerprint density at radius 3 is 2.70 bits per heavy atom. The molecule has 0 heterocycles. The maximum atomic E-state index is 12.8. The molecule has 0 aliphatic heterocycles. The smallest absolute Gasteiger partial charge is 0.314 e. The van der Waals surface area contributed by atoms with Crippen molar-refractivity contribution in [1.29, 1.82) is 0 Å². The quantitative estimate of drug-likeness (QED) is 0.615. The van der Waals surface area contributed by atoms with Gasteiger partial charge in [-0.2, -0.15) is 0 Å². The molecule has 0 saturated carbocycles. The molecule has 0 aliphatic carbocycles. The maximum Gasteiger partial charge on any atom is 0.314 e. The molecule has 6 nitrogen and oxygen atoms in total. The summed E-state index contributed by atoms with van der Waals surface area (Å²) in [4.78, 5) is 21.8. The molecular formula is C13H18FN3O3. The van der Waals surface area contributed by atoms with Gasteiger partial charge >= 0.3 is 6.03 Å². The molecule has 1 rings (SSSR count). The summed E-state index contributed by atoms with van der Waals surface area (Å²) in [5.74, 6) is -0.355. The van der Waals surface area contributed by atoms with Crippen LogP contribution in [0, 0.1) is 5.82 Å². The van der Waals surface area contributed by atoms with Crippen molar-refractivity contribution >= 4 is 11.9 Å². The predicted molar refractivity (Wildman–Crippen MR) is 71.7 cm³/mol. The van der Waals surface area contributed by atoms with E-state index in [1.165, 1.54) is 12.1 Å². The number of carbonyl (C=O) groups is 2. The molecule has 0 fully saturated rings. The zero-order valence-corrected chi connectivity index (χ0v) is 11.0.